The molecule has 0 spiro atoms. The Morgan fingerprint density at radius 2 is 1.85 bits per heavy atom. The van der Waals surface area contributed by atoms with Gasteiger partial charge in [0.05, 0.1) is 0 Å². The maximum absolute atomic E-state index is 6.01. The van der Waals surface area contributed by atoms with Crippen molar-refractivity contribution in [2.45, 2.75) is 26.8 Å². The van der Waals surface area contributed by atoms with Crippen molar-refractivity contribution in [3.05, 3.63) is 29.3 Å². The van der Waals surface area contributed by atoms with E-state index in [1.54, 1.807) is 0 Å². The Bertz CT molecular complexity index is 292. The zero-order chi connectivity index (χ0) is 10.0. The fourth-order valence-corrected chi connectivity index (χ4v) is 1.36. The third-order valence-corrected chi connectivity index (χ3v) is 2.32. The number of nitrogen functional groups attached to an aromatic ring is 1. The molecule has 1 unspecified atom stereocenters. The SMILES string of the molecule is Cc1ccc(C(N)C(C)C)c(N)c1. The number of hydrogen-bond donors (Lipinski definition) is 2. The average molecular weight is 178 g/mol. The van der Waals surface area contributed by atoms with Crippen LogP contribution in [0.3, 0.4) is 0 Å². The molecule has 1 aromatic carbocycles. The molecule has 0 aromatic heterocycles. The number of rotatable bonds is 2. The fraction of sp³-hybridized carbons (Fsp3) is 0.455. The molecule has 0 saturated heterocycles. The first kappa shape index (κ1) is 10.1. The Balaban J connectivity index is 3.01. The lowest BCUT2D eigenvalue weighted by atomic mass is 9.95. The minimum Gasteiger partial charge on any atom is -0.398 e. The Hall–Kier alpha value is -1.02. The van der Waals surface area contributed by atoms with Crippen LogP contribution in [0.25, 0.3) is 0 Å². The van der Waals surface area contributed by atoms with E-state index < -0.39 is 0 Å². The summed E-state index contributed by atoms with van der Waals surface area (Å²) in [5.41, 5.74) is 14.9. The van der Waals surface area contributed by atoms with Crippen molar-refractivity contribution < 1.29 is 0 Å². The summed E-state index contributed by atoms with van der Waals surface area (Å²) in [6, 6.07) is 6.08. The molecule has 1 atom stereocenters. The summed E-state index contributed by atoms with van der Waals surface area (Å²) in [7, 11) is 0. The molecule has 0 aliphatic rings. The lowest BCUT2D eigenvalue weighted by Crippen LogP contribution is -2.18. The molecule has 2 nitrogen and oxygen atoms in total. The van der Waals surface area contributed by atoms with E-state index in [2.05, 4.69) is 13.8 Å². The molecule has 0 saturated carbocycles. The van der Waals surface area contributed by atoms with Crippen LogP contribution in [-0.4, -0.2) is 0 Å². The lowest BCUT2D eigenvalue weighted by molar-refractivity contribution is 0.515. The first-order valence-electron chi connectivity index (χ1n) is 4.64. The maximum Gasteiger partial charge on any atom is 0.0365 e. The molecule has 13 heavy (non-hydrogen) atoms. The minimum atomic E-state index is 0.0422. The average Bonchev–Trinajstić information content (AvgIpc) is 2.03. The van der Waals surface area contributed by atoms with Crippen LogP contribution in [0.2, 0.25) is 0 Å². The van der Waals surface area contributed by atoms with Gasteiger partial charge in [-0.2, -0.15) is 0 Å². The smallest absolute Gasteiger partial charge is 0.0365 e. The summed E-state index contributed by atoms with van der Waals surface area (Å²) in [6.45, 7) is 6.23. The van der Waals surface area contributed by atoms with Gasteiger partial charge in [-0.25, -0.2) is 0 Å². The van der Waals surface area contributed by atoms with Crippen LogP contribution in [0.4, 0.5) is 5.69 Å². The highest BCUT2D eigenvalue weighted by molar-refractivity contribution is 5.50. The lowest BCUT2D eigenvalue weighted by Gasteiger charge is -2.18. The van der Waals surface area contributed by atoms with E-state index in [-0.39, 0.29) is 6.04 Å². The minimum absolute atomic E-state index is 0.0422. The van der Waals surface area contributed by atoms with Crippen molar-refractivity contribution in [1.82, 2.24) is 0 Å². The van der Waals surface area contributed by atoms with Crippen molar-refractivity contribution in [2.24, 2.45) is 11.7 Å². The molecule has 0 amide bonds. The first-order valence-corrected chi connectivity index (χ1v) is 4.64. The van der Waals surface area contributed by atoms with Crippen LogP contribution in [0, 0.1) is 12.8 Å². The van der Waals surface area contributed by atoms with Crippen molar-refractivity contribution in [3.63, 3.8) is 0 Å². The van der Waals surface area contributed by atoms with E-state index in [4.69, 9.17) is 11.5 Å². The number of aryl methyl sites for hydroxylation is 1. The third kappa shape index (κ3) is 2.22. The highest BCUT2D eigenvalue weighted by Gasteiger charge is 2.12. The first-order chi connectivity index (χ1) is 6.02. The summed E-state index contributed by atoms with van der Waals surface area (Å²) in [5, 5.41) is 0. The third-order valence-electron chi connectivity index (χ3n) is 2.32. The quantitative estimate of drug-likeness (QED) is 0.682. The Morgan fingerprint density at radius 3 is 2.31 bits per heavy atom. The molecule has 0 aliphatic carbocycles. The van der Waals surface area contributed by atoms with Crippen LogP contribution in [0.1, 0.15) is 31.0 Å². The van der Waals surface area contributed by atoms with E-state index in [0.29, 0.717) is 5.92 Å². The van der Waals surface area contributed by atoms with Crippen molar-refractivity contribution in [1.29, 1.82) is 0 Å². The highest BCUT2D eigenvalue weighted by atomic mass is 14.7. The molecular weight excluding hydrogens is 160 g/mol. The predicted molar refractivity (Wildman–Crippen MR) is 57.4 cm³/mol. The van der Waals surface area contributed by atoms with Gasteiger partial charge in [0, 0.05) is 11.7 Å². The molecular formula is C11H18N2. The van der Waals surface area contributed by atoms with Crippen molar-refractivity contribution in [3.8, 4) is 0 Å². The Labute approximate surface area is 79.9 Å². The van der Waals surface area contributed by atoms with Gasteiger partial charge in [0.15, 0.2) is 0 Å². The van der Waals surface area contributed by atoms with E-state index in [0.717, 1.165) is 11.3 Å². The zero-order valence-electron chi connectivity index (χ0n) is 8.54. The molecule has 0 fully saturated rings. The van der Waals surface area contributed by atoms with Gasteiger partial charge in [0.2, 0.25) is 0 Å². The van der Waals surface area contributed by atoms with Crippen LogP contribution in [0.15, 0.2) is 18.2 Å². The molecule has 4 N–H and O–H groups in total. The highest BCUT2D eigenvalue weighted by Crippen LogP contribution is 2.24. The predicted octanol–water partition coefficient (Wildman–Crippen LogP) is 2.23. The van der Waals surface area contributed by atoms with Gasteiger partial charge >= 0.3 is 0 Å². The number of hydrogen-bond acceptors (Lipinski definition) is 2. The molecule has 1 rings (SSSR count). The molecule has 1 aromatic rings. The van der Waals surface area contributed by atoms with Crippen LogP contribution >= 0.6 is 0 Å². The normalized spacial score (nSPS) is 13.3. The molecule has 0 radical (unpaired) electrons. The van der Waals surface area contributed by atoms with E-state index >= 15 is 0 Å². The van der Waals surface area contributed by atoms with Gasteiger partial charge in [0.25, 0.3) is 0 Å². The van der Waals surface area contributed by atoms with Gasteiger partial charge in [-0.15, -0.1) is 0 Å². The summed E-state index contributed by atoms with van der Waals surface area (Å²) < 4.78 is 0. The van der Waals surface area contributed by atoms with Crippen molar-refractivity contribution in [2.75, 3.05) is 5.73 Å². The standard InChI is InChI=1S/C11H18N2/c1-7(2)11(13)9-5-4-8(3)6-10(9)12/h4-7,11H,12-13H2,1-3H3. The second kappa shape index (κ2) is 3.79. The number of anilines is 1. The van der Waals surface area contributed by atoms with Gasteiger partial charge < -0.3 is 11.5 Å². The molecule has 2 heteroatoms. The van der Waals surface area contributed by atoms with Gasteiger partial charge in [-0.05, 0) is 30.0 Å². The molecule has 0 aliphatic heterocycles. The van der Waals surface area contributed by atoms with Crippen LogP contribution < -0.4 is 11.5 Å². The van der Waals surface area contributed by atoms with Gasteiger partial charge in [0.1, 0.15) is 0 Å². The van der Waals surface area contributed by atoms with Crippen LogP contribution in [0.5, 0.6) is 0 Å². The second-order valence-electron chi connectivity index (χ2n) is 3.90. The molecule has 0 bridgehead atoms. The summed E-state index contributed by atoms with van der Waals surface area (Å²) >= 11 is 0. The van der Waals surface area contributed by atoms with Gasteiger partial charge in [-0.3, -0.25) is 0 Å². The largest absolute Gasteiger partial charge is 0.398 e. The topological polar surface area (TPSA) is 52.0 Å². The van der Waals surface area contributed by atoms with E-state index in [9.17, 15) is 0 Å². The Kier molecular flexibility index (Phi) is 2.94. The number of nitrogens with two attached hydrogens (primary N) is 2. The fourth-order valence-electron chi connectivity index (χ4n) is 1.36. The summed E-state index contributed by atoms with van der Waals surface area (Å²) in [4.78, 5) is 0. The van der Waals surface area contributed by atoms with Crippen LogP contribution in [-0.2, 0) is 0 Å². The zero-order valence-corrected chi connectivity index (χ0v) is 8.54. The van der Waals surface area contributed by atoms with E-state index in [1.165, 1.54) is 5.56 Å². The molecule has 72 valence electrons. The maximum atomic E-state index is 6.01. The monoisotopic (exact) mass is 178 g/mol. The van der Waals surface area contributed by atoms with Crippen molar-refractivity contribution >= 4 is 5.69 Å². The summed E-state index contributed by atoms with van der Waals surface area (Å²) in [6.07, 6.45) is 0. The van der Waals surface area contributed by atoms with Gasteiger partial charge in [-0.1, -0.05) is 26.0 Å². The second-order valence-corrected chi connectivity index (χ2v) is 3.90. The van der Waals surface area contributed by atoms with E-state index in [1.807, 2.05) is 25.1 Å². The molecule has 0 heterocycles. The Morgan fingerprint density at radius 1 is 1.23 bits per heavy atom. The number of benzene rings is 1. The summed E-state index contributed by atoms with van der Waals surface area (Å²) in [5.74, 6) is 0.421.